The summed E-state index contributed by atoms with van der Waals surface area (Å²) in [6.45, 7) is 0. The Bertz CT molecular complexity index is 751. The molecule has 3 aromatic rings. The predicted octanol–water partition coefficient (Wildman–Crippen LogP) is 3.95. The summed E-state index contributed by atoms with van der Waals surface area (Å²) >= 11 is 0. The second kappa shape index (κ2) is 5.06. The van der Waals surface area contributed by atoms with Gasteiger partial charge in [0.2, 0.25) is 0 Å². The average molecular weight is 273 g/mol. The highest BCUT2D eigenvalue weighted by molar-refractivity contribution is 5.78. The van der Waals surface area contributed by atoms with Gasteiger partial charge in [-0.05, 0) is 30.2 Å². The fourth-order valence-electron chi connectivity index (χ4n) is 2.23. The lowest BCUT2D eigenvalue weighted by molar-refractivity contribution is 0.473. The van der Waals surface area contributed by atoms with Crippen molar-refractivity contribution >= 4 is 11.0 Å². The van der Waals surface area contributed by atoms with E-state index >= 15 is 0 Å². The van der Waals surface area contributed by atoms with Crippen LogP contribution in [-0.4, -0.2) is 0 Å². The van der Waals surface area contributed by atoms with Crippen LogP contribution in [0.15, 0.2) is 52.9 Å². The van der Waals surface area contributed by atoms with Gasteiger partial charge in [0.05, 0.1) is 6.04 Å². The molecule has 0 bridgehead atoms. The van der Waals surface area contributed by atoms with E-state index in [0.717, 1.165) is 0 Å². The Morgan fingerprint density at radius 3 is 2.50 bits per heavy atom. The molecule has 1 heterocycles. The molecule has 0 fully saturated rings. The van der Waals surface area contributed by atoms with Crippen molar-refractivity contribution in [2.45, 2.75) is 12.5 Å². The van der Waals surface area contributed by atoms with Crippen LogP contribution in [-0.2, 0) is 6.42 Å². The van der Waals surface area contributed by atoms with Crippen LogP contribution in [0.1, 0.15) is 17.4 Å². The maximum absolute atomic E-state index is 13.6. The summed E-state index contributed by atoms with van der Waals surface area (Å²) in [5.41, 5.74) is 6.73. The van der Waals surface area contributed by atoms with E-state index in [-0.39, 0.29) is 11.4 Å². The molecule has 0 aliphatic rings. The molecule has 0 saturated carbocycles. The summed E-state index contributed by atoms with van der Waals surface area (Å²) in [5.74, 6) is -0.273. The summed E-state index contributed by atoms with van der Waals surface area (Å²) in [6.07, 6.45) is 0.300. The number of hydrogen-bond acceptors (Lipinski definition) is 2. The van der Waals surface area contributed by atoms with Crippen LogP contribution in [0.5, 0.6) is 0 Å². The minimum atomic E-state index is -0.515. The van der Waals surface area contributed by atoms with Gasteiger partial charge in [-0.2, -0.15) is 0 Å². The molecule has 1 unspecified atom stereocenters. The zero-order valence-electron chi connectivity index (χ0n) is 10.6. The van der Waals surface area contributed by atoms with Crippen LogP contribution in [0.3, 0.4) is 0 Å². The first kappa shape index (κ1) is 12.8. The van der Waals surface area contributed by atoms with Gasteiger partial charge >= 0.3 is 0 Å². The summed E-state index contributed by atoms with van der Waals surface area (Å²) in [4.78, 5) is 0. The van der Waals surface area contributed by atoms with E-state index in [4.69, 9.17) is 10.2 Å². The molecule has 2 aromatic carbocycles. The molecule has 102 valence electrons. The summed E-state index contributed by atoms with van der Waals surface area (Å²) in [6, 6.07) is 12.3. The summed E-state index contributed by atoms with van der Waals surface area (Å²) < 4.78 is 32.6. The van der Waals surface area contributed by atoms with Gasteiger partial charge in [-0.25, -0.2) is 8.78 Å². The van der Waals surface area contributed by atoms with Crippen LogP contribution >= 0.6 is 0 Å². The number of para-hydroxylation sites is 1. The molecular weight excluding hydrogens is 260 g/mol. The molecular formula is C16H13F2NO. The normalized spacial score (nSPS) is 12.8. The molecule has 0 aliphatic carbocycles. The minimum Gasteiger partial charge on any atom is -0.456 e. The highest BCUT2D eigenvalue weighted by Crippen LogP contribution is 2.27. The Labute approximate surface area is 114 Å². The van der Waals surface area contributed by atoms with Crippen molar-refractivity contribution in [2.24, 2.45) is 5.73 Å². The van der Waals surface area contributed by atoms with E-state index in [0.29, 0.717) is 23.1 Å². The number of hydrogen-bond donors (Lipinski definition) is 1. The largest absolute Gasteiger partial charge is 0.456 e. The molecule has 0 aliphatic heterocycles. The lowest BCUT2D eigenvalue weighted by atomic mass is 10.0. The molecule has 0 saturated heterocycles. The molecule has 3 rings (SSSR count). The number of halogens is 2. The quantitative estimate of drug-likeness (QED) is 0.784. The zero-order valence-corrected chi connectivity index (χ0v) is 10.6. The van der Waals surface area contributed by atoms with Gasteiger partial charge in [-0.3, -0.25) is 0 Å². The first-order chi connectivity index (χ1) is 9.65. The Morgan fingerprint density at radius 1 is 1.00 bits per heavy atom. The number of fused-ring (bicyclic) bond motifs is 1. The van der Waals surface area contributed by atoms with Crippen molar-refractivity contribution in [3.8, 4) is 0 Å². The van der Waals surface area contributed by atoms with Crippen LogP contribution in [0.4, 0.5) is 8.78 Å². The molecule has 2 nitrogen and oxygen atoms in total. The SMILES string of the molecule is NC(Cc1ccccc1F)c1cc2cccc(F)c2o1. The highest BCUT2D eigenvalue weighted by Gasteiger charge is 2.16. The zero-order chi connectivity index (χ0) is 14.1. The molecule has 2 N–H and O–H groups in total. The molecule has 0 amide bonds. The first-order valence-corrected chi connectivity index (χ1v) is 6.32. The van der Waals surface area contributed by atoms with Gasteiger partial charge in [-0.15, -0.1) is 0 Å². The Kier molecular flexibility index (Phi) is 3.24. The first-order valence-electron chi connectivity index (χ1n) is 6.32. The Hall–Kier alpha value is -2.20. The number of benzene rings is 2. The lowest BCUT2D eigenvalue weighted by Crippen LogP contribution is -2.13. The fourth-order valence-corrected chi connectivity index (χ4v) is 2.23. The van der Waals surface area contributed by atoms with Crippen molar-refractivity contribution in [2.75, 3.05) is 0 Å². The van der Waals surface area contributed by atoms with Crippen LogP contribution in [0.25, 0.3) is 11.0 Å². The van der Waals surface area contributed by atoms with Crippen LogP contribution in [0, 0.1) is 11.6 Å². The number of nitrogens with two attached hydrogens (primary N) is 1. The van der Waals surface area contributed by atoms with Crippen molar-refractivity contribution in [1.29, 1.82) is 0 Å². The van der Waals surface area contributed by atoms with Crippen LogP contribution in [0.2, 0.25) is 0 Å². The monoisotopic (exact) mass is 273 g/mol. The van der Waals surface area contributed by atoms with E-state index < -0.39 is 11.9 Å². The summed E-state index contributed by atoms with van der Waals surface area (Å²) in [7, 11) is 0. The molecule has 1 atom stereocenters. The lowest BCUT2D eigenvalue weighted by Gasteiger charge is -2.09. The third-order valence-corrected chi connectivity index (χ3v) is 3.28. The van der Waals surface area contributed by atoms with Crippen molar-refractivity contribution in [3.63, 3.8) is 0 Å². The molecule has 20 heavy (non-hydrogen) atoms. The third kappa shape index (κ3) is 2.30. The average Bonchev–Trinajstić information content (AvgIpc) is 2.87. The van der Waals surface area contributed by atoms with E-state index in [1.807, 2.05) is 0 Å². The van der Waals surface area contributed by atoms with E-state index in [1.165, 1.54) is 12.1 Å². The van der Waals surface area contributed by atoms with E-state index in [1.54, 1.807) is 36.4 Å². The van der Waals surface area contributed by atoms with E-state index in [9.17, 15) is 8.78 Å². The van der Waals surface area contributed by atoms with E-state index in [2.05, 4.69) is 0 Å². The summed E-state index contributed by atoms with van der Waals surface area (Å²) in [5, 5.41) is 0.656. The molecule has 0 radical (unpaired) electrons. The Morgan fingerprint density at radius 2 is 1.75 bits per heavy atom. The predicted molar refractivity (Wildman–Crippen MR) is 73.2 cm³/mol. The highest BCUT2D eigenvalue weighted by atomic mass is 19.1. The Balaban J connectivity index is 1.91. The molecule has 0 spiro atoms. The smallest absolute Gasteiger partial charge is 0.169 e. The molecule has 4 heteroatoms. The van der Waals surface area contributed by atoms with Crippen LogP contribution < -0.4 is 5.73 Å². The minimum absolute atomic E-state index is 0.187. The van der Waals surface area contributed by atoms with Crippen molar-refractivity contribution < 1.29 is 13.2 Å². The van der Waals surface area contributed by atoms with Gasteiger partial charge in [0.15, 0.2) is 11.4 Å². The molecule has 1 aromatic heterocycles. The maximum atomic E-state index is 13.6. The van der Waals surface area contributed by atoms with Gasteiger partial charge in [0.25, 0.3) is 0 Å². The van der Waals surface area contributed by atoms with Gasteiger partial charge in [0.1, 0.15) is 11.6 Å². The number of furan rings is 1. The number of rotatable bonds is 3. The maximum Gasteiger partial charge on any atom is 0.169 e. The topological polar surface area (TPSA) is 39.2 Å². The second-order valence-electron chi connectivity index (χ2n) is 4.71. The third-order valence-electron chi connectivity index (χ3n) is 3.28. The van der Waals surface area contributed by atoms with Crippen molar-refractivity contribution in [1.82, 2.24) is 0 Å². The van der Waals surface area contributed by atoms with Crippen molar-refractivity contribution in [3.05, 3.63) is 71.5 Å². The second-order valence-corrected chi connectivity index (χ2v) is 4.71. The fraction of sp³-hybridized carbons (Fsp3) is 0.125. The van der Waals surface area contributed by atoms with Gasteiger partial charge < -0.3 is 10.2 Å². The van der Waals surface area contributed by atoms with Gasteiger partial charge in [-0.1, -0.05) is 30.3 Å². The van der Waals surface area contributed by atoms with Gasteiger partial charge in [0, 0.05) is 5.39 Å². The standard InChI is InChI=1S/C16H13F2NO/c17-12-6-2-1-4-10(12)8-14(19)15-9-11-5-3-7-13(18)16(11)20-15/h1-7,9,14H,8,19H2.